The molecule has 8 nitrogen and oxygen atoms in total. The highest BCUT2D eigenvalue weighted by Crippen LogP contribution is 2.35. The summed E-state index contributed by atoms with van der Waals surface area (Å²) < 4.78 is 6.78. The van der Waals surface area contributed by atoms with Crippen LogP contribution in [0.3, 0.4) is 0 Å². The number of halogens is 1. The van der Waals surface area contributed by atoms with Crippen molar-refractivity contribution in [1.29, 1.82) is 0 Å². The number of amides is 1. The van der Waals surface area contributed by atoms with E-state index in [1.807, 2.05) is 19.1 Å². The van der Waals surface area contributed by atoms with Crippen LogP contribution in [-0.2, 0) is 11.3 Å². The van der Waals surface area contributed by atoms with Crippen LogP contribution in [0.2, 0.25) is 5.02 Å². The monoisotopic (exact) mass is 471 g/mol. The van der Waals surface area contributed by atoms with E-state index in [4.69, 9.17) is 16.1 Å². The van der Waals surface area contributed by atoms with Crippen molar-refractivity contribution >= 4 is 39.1 Å². The summed E-state index contributed by atoms with van der Waals surface area (Å²) in [7, 11) is 0. The quantitative estimate of drug-likeness (QED) is 0.431. The number of carbonyl (C=O) groups is 1. The zero-order valence-corrected chi connectivity index (χ0v) is 19.5. The highest BCUT2D eigenvalue weighted by atomic mass is 35.5. The summed E-state index contributed by atoms with van der Waals surface area (Å²) in [6.07, 6.45) is 2.28. The zero-order chi connectivity index (χ0) is 22.8. The van der Waals surface area contributed by atoms with Crippen molar-refractivity contribution in [2.75, 3.05) is 6.54 Å². The Bertz CT molecular complexity index is 1340. The molecule has 166 valence electrons. The van der Waals surface area contributed by atoms with Crippen LogP contribution < -0.4 is 10.9 Å². The topological polar surface area (TPSA) is 103 Å². The molecule has 1 aromatic carbocycles. The van der Waals surface area contributed by atoms with Crippen LogP contribution in [0.25, 0.3) is 32.4 Å². The Kier molecular flexibility index (Phi) is 6.38. The fraction of sp³-hybridized carbons (Fsp3) is 0.318. The van der Waals surface area contributed by atoms with E-state index in [2.05, 4.69) is 34.3 Å². The molecule has 0 aliphatic heterocycles. The van der Waals surface area contributed by atoms with E-state index in [9.17, 15) is 9.59 Å². The Hall–Kier alpha value is -3.04. The molecule has 0 bridgehead atoms. The molecule has 1 N–H and O–H groups in total. The maximum Gasteiger partial charge on any atom is 0.268 e. The van der Waals surface area contributed by atoms with E-state index in [-0.39, 0.29) is 18.0 Å². The average molecular weight is 472 g/mol. The number of rotatable bonds is 7. The van der Waals surface area contributed by atoms with Crippen molar-refractivity contribution in [3.63, 3.8) is 0 Å². The van der Waals surface area contributed by atoms with Gasteiger partial charge in [0.1, 0.15) is 11.4 Å². The molecule has 32 heavy (non-hydrogen) atoms. The fourth-order valence-corrected chi connectivity index (χ4v) is 4.50. The lowest BCUT2D eigenvalue weighted by atomic mass is 10.1. The van der Waals surface area contributed by atoms with Gasteiger partial charge in [-0.3, -0.25) is 14.2 Å². The minimum absolute atomic E-state index is 0.0794. The Morgan fingerprint density at radius 3 is 2.91 bits per heavy atom. The summed E-state index contributed by atoms with van der Waals surface area (Å²) in [5.74, 6) is 0.984. The Labute approximate surface area is 193 Å². The van der Waals surface area contributed by atoms with Crippen molar-refractivity contribution in [3.8, 4) is 22.2 Å². The molecule has 0 unspecified atom stereocenters. The molecule has 0 saturated heterocycles. The largest absolute Gasteiger partial charge is 0.355 e. The number of benzene rings is 1. The van der Waals surface area contributed by atoms with E-state index in [0.717, 1.165) is 12.0 Å². The third kappa shape index (κ3) is 4.58. The second kappa shape index (κ2) is 9.22. The lowest BCUT2D eigenvalue weighted by Gasteiger charge is -2.08. The van der Waals surface area contributed by atoms with Crippen LogP contribution in [0.4, 0.5) is 0 Å². The number of carbonyl (C=O) groups excluding carboxylic acids is 1. The molecular formula is C22H22ClN5O3S. The van der Waals surface area contributed by atoms with Gasteiger partial charge in [-0.25, -0.2) is 4.98 Å². The van der Waals surface area contributed by atoms with Gasteiger partial charge in [0, 0.05) is 17.1 Å². The minimum Gasteiger partial charge on any atom is -0.355 e. The molecule has 4 rings (SSSR count). The maximum absolute atomic E-state index is 13.0. The highest BCUT2D eigenvalue weighted by Gasteiger charge is 2.21. The van der Waals surface area contributed by atoms with Crippen LogP contribution >= 0.6 is 22.9 Å². The van der Waals surface area contributed by atoms with Gasteiger partial charge in [0.05, 0.1) is 16.6 Å². The molecule has 3 aromatic heterocycles. The third-order valence-corrected chi connectivity index (χ3v) is 6.40. The molecule has 3 heterocycles. The normalized spacial score (nSPS) is 11.4. The summed E-state index contributed by atoms with van der Waals surface area (Å²) >= 11 is 7.35. The van der Waals surface area contributed by atoms with E-state index >= 15 is 0 Å². The molecule has 0 aliphatic carbocycles. The molecule has 4 aromatic rings. The van der Waals surface area contributed by atoms with Gasteiger partial charge in [0.15, 0.2) is 0 Å². The molecule has 0 aliphatic rings. The fourth-order valence-electron chi connectivity index (χ4n) is 3.25. The molecule has 1 amide bonds. The van der Waals surface area contributed by atoms with Crippen LogP contribution in [0.1, 0.15) is 25.8 Å². The third-order valence-electron chi connectivity index (χ3n) is 4.98. The molecular weight excluding hydrogens is 450 g/mol. The lowest BCUT2D eigenvalue weighted by molar-refractivity contribution is -0.121. The van der Waals surface area contributed by atoms with Crippen LogP contribution in [0, 0.1) is 12.8 Å². The molecule has 0 atom stereocenters. The van der Waals surface area contributed by atoms with Gasteiger partial charge < -0.3 is 9.84 Å². The summed E-state index contributed by atoms with van der Waals surface area (Å²) in [5, 5.41) is 7.90. The van der Waals surface area contributed by atoms with E-state index < -0.39 is 0 Å². The summed E-state index contributed by atoms with van der Waals surface area (Å²) in [5.41, 5.74) is 1.15. The number of hydrogen-bond donors (Lipinski definition) is 1. The van der Waals surface area contributed by atoms with Gasteiger partial charge >= 0.3 is 0 Å². The first kappa shape index (κ1) is 22.2. The second-order valence-corrected chi connectivity index (χ2v) is 9.32. The first-order valence-corrected chi connectivity index (χ1v) is 11.4. The molecule has 0 spiro atoms. The van der Waals surface area contributed by atoms with Gasteiger partial charge in [-0.15, -0.1) is 11.3 Å². The molecule has 0 saturated carbocycles. The number of aryl methyl sites for hydroxylation is 1. The zero-order valence-electron chi connectivity index (χ0n) is 17.9. The average Bonchev–Trinajstić information content (AvgIpc) is 3.35. The first-order chi connectivity index (χ1) is 15.3. The lowest BCUT2D eigenvalue weighted by Crippen LogP contribution is -2.33. The Balaban J connectivity index is 1.62. The number of hydrogen-bond acceptors (Lipinski definition) is 7. The predicted molar refractivity (Wildman–Crippen MR) is 125 cm³/mol. The van der Waals surface area contributed by atoms with Crippen molar-refractivity contribution in [2.24, 2.45) is 5.92 Å². The minimum atomic E-state index is -0.274. The summed E-state index contributed by atoms with van der Waals surface area (Å²) in [6, 6.07) is 7.17. The van der Waals surface area contributed by atoms with Crippen LogP contribution in [0.5, 0.6) is 0 Å². The van der Waals surface area contributed by atoms with Gasteiger partial charge in [-0.2, -0.15) is 4.98 Å². The maximum atomic E-state index is 13.0. The number of fused-ring (bicyclic) bond motifs is 1. The number of nitrogens with one attached hydrogen (secondary N) is 1. The van der Waals surface area contributed by atoms with Crippen molar-refractivity contribution in [2.45, 2.75) is 33.7 Å². The molecule has 0 fully saturated rings. The smallest absolute Gasteiger partial charge is 0.268 e. The predicted octanol–water partition coefficient (Wildman–Crippen LogP) is 4.30. The highest BCUT2D eigenvalue weighted by molar-refractivity contribution is 7.22. The van der Waals surface area contributed by atoms with Crippen molar-refractivity contribution in [3.05, 3.63) is 51.5 Å². The molecule has 0 radical (unpaired) electrons. The van der Waals surface area contributed by atoms with Gasteiger partial charge in [0.25, 0.3) is 11.4 Å². The second-order valence-electron chi connectivity index (χ2n) is 7.88. The van der Waals surface area contributed by atoms with Gasteiger partial charge in [0.2, 0.25) is 11.7 Å². The Morgan fingerprint density at radius 2 is 2.16 bits per heavy atom. The SMILES string of the molecule is Cc1c(-c2nc(-c3cccc(Cl)c3)no2)sc2ncn(CC(=O)NCCC(C)C)c(=O)c12. The van der Waals surface area contributed by atoms with E-state index in [1.165, 1.54) is 22.2 Å². The Morgan fingerprint density at radius 1 is 1.34 bits per heavy atom. The van der Waals surface area contributed by atoms with E-state index in [1.54, 1.807) is 12.1 Å². The standard InChI is InChI=1S/C22H22ClN5O3S/c1-12(2)7-8-24-16(29)10-28-11-25-21-17(22(28)30)13(3)18(32-21)20-26-19(27-31-20)14-5-4-6-15(23)9-14/h4-6,9,11-12H,7-8,10H2,1-3H3,(H,24,29). The summed E-state index contributed by atoms with van der Waals surface area (Å²) in [4.78, 5) is 35.3. The number of nitrogens with zero attached hydrogens (tertiary/aromatic N) is 4. The van der Waals surface area contributed by atoms with Gasteiger partial charge in [-0.05, 0) is 37.0 Å². The number of thiophene rings is 1. The van der Waals surface area contributed by atoms with Crippen LogP contribution in [-0.4, -0.2) is 32.1 Å². The van der Waals surface area contributed by atoms with E-state index in [0.29, 0.717) is 49.9 Å². The van der Waals surface area contributed by atoms with Crippen LogP contribution in [0.15, 0.2) is 39.9 Å². The first-order valence-electron chi connectivity index (χ1n) is 10.2. The summed E-state index contributed by atoms with van der Waals surface area (Å²) in [6.45, 7) is 6.49. The van der Waals surface area contributed by atoms with Gasteiger partial charge in [-0.1, -0.05) is 42.7 Å². The van der Waals surface area contributed by atoms with Crippen molar-refractivity contribution < 1.29 is 9.32 Å². The number of aromatic nitrogens is 4. The van der Waals surface area contributed by atoms with Crippen molar-refractivity contribution in [1.82, 2.24) is 25.0 Å². The molecule has 10 heteroatoms.